The maximum Gasteiger partial charge on any atom is 0.207 e. The molecule has 28 heavy (non-hydrogen) atoms. The SMILES string of the molecule is COc1c2c(c(OC)c(OC)c1OC)CC(CCCCCCCCN(C)C)C2. The van der Waals surface area contributed by atoms with Crippen LogP contribution in [-0.4, -0.2) is 54.0 Å². The summed E-state index contributed by atoms with van der Waals surface area (Å²) >= 11 is 0. The van der Waals surface area contributed by atoms with Crippen molar-refractivity contribution in [2.45, 2.75) is 57.8 Å². The first-order chi connectivity index (χ1) is 13.6. The highest BCUT2D eigenvalue weighted by atomic mass is 16.5. The van der Waals surface area contributed by atoms with Gasteiger partial charge >= 0.3 is 0 Å². The molecule has 0 amide bonds. The zero-order valence-corrected chi connectivity index (χ0v) is 18.7. The molecule has 0 N–H and O–H groups in total. The van der Waals surface area contributed by atoms with E-state index in [0.717, 1.165) is 24.3 Å². The largest absolute Gasteiger partial charge is 0.492 e. The third-order valence-electron chi connectivity index (χ3n) is 5.80. The summed E-state index contributed by atoms with van der Waals surface area (Å²) in [5, 5.41) is 0. The average Bonchev–Trinajstić information content (AvgIpc) is 3.11. The van der Waals surface area contributed by atoms with Gasteiger partial charge in [-0.05, 0) is 52.2 Å². The molecule has 0 atom stereocenters. The number of unbranched alkanes of at least 4 members (excludes halogenated alkanes) is 5. The predicted octanol–water partition coefficient (Wildman–Crippen LogP) is 4.73. The van der Waals surface area contributed by atoms with Crippen molar-refractivity contribution in [3.8, 4) is 23.0 Å². The Morgan fingerprint density at radius 1 is 0.643 bits per heavy atom. The predicted molar refractivity (Wildman–Crippen MR) is 114 cm³/mol. The van der Waals surface area contributed by atoms with E-state index in [9.17, 15) is 0 Å². The third kappa shape index (κ3) is 5.47. The molecule has 0 fully saturated rings. The molecule has 160 valence electrons. The van der Waals surface area contributed by atoms with Crippen LogP contribution in [-0.2, 0) is 12.8 Å². The Kier molecular flexibility index (Phi) is 9.23. The van der Waals surface area contributed by atoms with Gasteiger partial charge in [0.2, 0.25) is 11.5 Å². The van der Waals surface area contributed by atoms with E-state index >= 15 is 0 Å². The van der Waals surface area contributed by atoms with Crippen LogP contribution in [0.2, 0.25) is 0 Å². The summed E-state index contributed by atoms with van der Waals surface area (Å²) < 4.78 is 22.6. The number of ether oxygens (including phenoxy) is 4. The van der Waals surface area contributed by atoms with Crippen LogP contribution < -0.4 is 18.9 Å². The van der Waals surface area contributed by atoms with Gasteiger partial charge in [-0.25, -0.2) is 0 Å². The first-order valence-electron chi connectivity index (χ1n) is 10.6. The van der Waals surface area contributed by atoms with Gasteiger partial charge in [-0.3, -0.25) is 0 Å². The molecule has 5 heteroatoms. The Morgan fingerprint density at radius 2 is 1.07 bits per heavy atom. The summed E-state index contributed by atoms with van der Waals surface area (Å²) in [6.07, 6.45) is 11.3. The van der Waals surface area contributed by atoms with Crippen LogP contribution in [0, 0.1) is 5.92 Å². The summed E-state index contributed by atoms with van der Waals surface area (Å²) in [7, 11) is 11.0. The van der Waals surface area contributed by atoms with E-state index in [2.05, 4.69) is 19.0 Å². The lowest BCUT2D eigenvalue weighted by Crippen LogP contribution is -2.12. The van der Waals surface area contributed by atoms with E-state index < -0.39 is 0 Å². The van der Waals surface area contributed by atoms with Gasteiger partial charge in [-0.2, -0.15) is 0 Å². The Labute approximate surface area is 171 Å². The minimum atomic E-state index is 0.638. The highest BCUT2D eigenvalue weighted by Crippen LogP contribution is 2.53. The lowest BCUT2D eigenvalue weighted by atomic mass is 9.97. The van der Waals surface area contributed by atoms with Crippen LogP contribution in [0.4, 0.5) is 0 Å². The maximum absolute atomic E-state index is 5.70. The second-order valence-electron chi connectivity index (χ2n) is 8.08. The van der Waals surface area contributed by atoms with Crippen LogP contribution in [0.15, 0.2) is 0 Å². The van der Waals surface area contributed by atoms with Crippen molar-refractivity contribution >= 4 is 0 Å². The summed E-state index contributed by atoms with van der Waals surface area (Å²) in [4.78, 5) is 2.27. The molecule has 2 rings (SSSR count). The van der Waals surface area contributed by atoms with E-state index in [1.807, 2.05) is 0 Å². The van der Waals surface area contributed by atoms with Gasteiger partial charge in [-0.1, -0.05) is 32.1 Å². The fourth-order valence-corrected chi connectivity index (χ4v) is 4.41. The van der Waals surface area contributed by atoms with Crippen molar-refractivity contribution in [2.24, 2.45) is 5.92 Å². The highest BCUT2D eigenvalue weighted by molar-refractivity contribution is 5.68. The summed E-state index contributed by atoms with van der Waals surface area (Å²) in [6, 6.07) is 0. The lowest BCUT2D eigenvalue weighted by Gasteiger charge is -2.19. The smallest absolute Gasteiger partial charge is 0.207 e. The number of methoxy groups -OCH3 is 4. The molecule has 1 aliphatic carbocycles. The monoisotopic (exact) mass is 393 g/mol. The summed E-state index contributed by atoms with van der Waals surface area (Å²) in [6.45, 7) is 1.21. The van der Waals surface area contributed by atoms with E-state index in [4.69, 9.17) is 18.9 Å². The average molecular weight is 394 g/mol. The molecule has 0 saturated heterocycles. The molecule has 0 bridgehead atoms. The Balaban J connectivity index is 1.90. The Hall–Kier alpha value is -1.62. The highest BCUT2D eigenvalue weighted by Gasteiger charge is 2.33. The lowest BCUT2D eigenvalue weighted by molar-refractivity contribution is 0.303. The summed E-state index contributed by atoms with van der Waals surface area (Å²) in [5.74, 6) is 3.53. The second kappa shape index (κ2) is 11.4. The number of hydrogen-bond acceptors (Lipinski definition) is 5. The molecule has 5 nitrogen and oxygen atoms in total. The van der Waals surface area contributed by atoms with Gasteiger partial charge in [-0.15, -0.1) is 0 Å². The topological polar surface area (TPSA) is 40.2 Å². The molecule has 0 aromatic heterocycles. The molecule has 0 radical (unpaired) electrons. The molecule has 1 aliphatic rings. The van der Waals surface area contributed by atoms with E-state index in [1.165, 1.54) is 62.6 Å². The fourth-order valence-electron chi connectivity index (χ4n) is 4.41. The Morgan fingerprint density at radius 3 is 1.50 bits per heavy atom. The Bertz CT molecular complexity index is 574. The van der Waals surface area contributed by atoms with Gasteiger partial charge in [0, 0.05) is 11.1 Å². The van der Waals surface area contributed by atoms with Crippen molar-refractivity contribution in [3.63, 3.8) is 0 Å². The van der Waals surface area contributed by atoms with Crippen LogP contribution in [0.1, 0.15) is 56.1 Å². The quantitative estimate of drug-likeness (QED) is 0.453. The van der Waals surface area contributed by atoms with E-state index in [0.29, 0.717) is 17.4 Å². The normalized spacial score (nSPS) is 13.7. The number of nitrogens with zero attached hydrogens (tertiary/aromatic N) is 1. The molecule has 1 aromatic rings. The third-order valence-corrected chi connectivity index (χ3v) is 5.80. The minimum absolute atomic E-state index is 0.638. The van der Waals surface area contributed by atoms with Crippen LogP contribution in [0.5, 0.6) is 23.0 Å². The van der Waals surface area contributed by atoms with Crippen molar-refractivity contribution in [1.82, 2.24) is 4.90 Å². The molecule has 0 aliphatic heterocycles. The molecule has 1 aromatic carbocycles. The zero-order chi connectivity index (χ0) is 20.5. The van der Waals surface area contributed by atoms with Gasteiger partial charge in [0.1, 0.15) is 0 Å². The van der Waals surface area contributed by atoms with Crippen LogP contribution in [0.3, 0.4) is 0 Å². The van der Waals surface area contributed by atoms with Gasteiger partial charge in [0.25, 0.3) is 0 Å². The number of rotatable bonds is 13. The van der Waals surface area contributed by atoms with Gasteiger partial charge in [0.05, 0.1) is 28.4 Å². The van der Waals surface area contributed by atoms with Crippen molar-refractivity contribution in [3.05, 3.63) is 11.1 Å². The molecule has 0 heterocycles. The van der Waals surface area contributed by atoms with Gasteiger partial charge < -0.3 is 23.8 Å². The van der Waals surface area contributed by atoms with Gasteiger partial charge in [0.15, 0.2) is 11.5 Å². The van der Waals surface area contributed by atoms with Crippen LogP contribution >= 0.6 is 0 Å². The van der Waals surface area contributed by atoms with E-state index in [-0.39, 0.29) is 0 Å². The summed E-state index contributed by atoms with van der Waals surface area (Å²) in [5.41, 5.74) is 2.45. The first kappa shape index (κ1) is 22.7. The number of fused-ring (bicyclic) bond motifs is 1. The van der Waals surface area contributed by atoms with Crippen molar-refractivity contribution in [1.29, 1.82) is 0 Å². The number of hydrogen-bond donors (Lipinski definition) is 0. The maximum atomic E-state index is 5.70. The molecular formula is C23H39NO4. The standard InChI is InChI=1S/C23H39NO4/c1-24(2)14-12-10-8-7-9-11-13-17-15-18-19(16-17)21(26-4)23(28-6)22(27-5)20(18)25-3/h17H,7-16H2,1-6H3. The zero-order valence-electron chi connectivity index (χ0n) is 18.7. The second-order valence-corrected chi connectivity index (χ2v) is 8.08. The van der Waals surface area contributed by atoms with Crippen LogP contribution in [0.25, 0.3) is 0 Å². The molecular weight excluding hydrogens is 354 g/mol. The molecule has 0 saturated carbocycles. The van der Waals surface area contributed by atoms with E-state index in [1.54, 1.807) is 28.4 Å². The first-order valence-corrected chi connectivity index (χ1v) is 10.6. The van der Waals surface area contributed by atoms with Crippen molar-refractivity contribution in [2.75, 3.05) is 49.1 Å². The van der Waals surface area contributed by atoms with Crippen molar-refractivity contribution < 1.29 is 18.9 Å². The fraction of sp³-hybridized carbons (Fsp3) is 0.739. The molecule has 0 spiro atoms. The molecule has 0 unspecified atom stereocenters. The number of benzene rings is 1. The minimum Gasteiger partial charge on any atom is -0.492 e.